The van der Waals surface area contributed by atoms with E-state index in [0.717, 1.165) is 6.42 Å². The van der Waals surface area contributed by atoms with Gasteiger partial charge in [-0.3, -0.25) is 34.0 Å². The molecule has 1 aliphatic rings. The van der Waals surface area contributed by atoms with Crippen molar-refractivity contribution < 1.29 is 24.0 Å². The molecule has 47 heavy (non-hydrogen) atoms. The molecule has 260 valence electrons. The molecule has 1 heterocycles. The molecule has 16 nitrogen and oxygen atoms in total. The van der Waals surface area contributed by atoms with Crippen LogP contribution >= 0.6 is 0 Å². The molecule has 0 bridgehead atoms. The summed E-state index contributed by atoms with van der Waals surface area (Å²) in [5, 5.41) is 14.1. The van der Waals surface area contributed by atoms with E-state index in [2.05, 4.69) is 36.6 Å². The normalized spacial score (nSPS) is 16.2. The number of unbranched alkanes of at least 4 members (excludes halogenated alkanes) is 3. The Balaban J connectivity index is 1.64. The van der Waals surface area contributed by atoms with E-state index in [0.29, 0.717) is 96.0 Å². The van der Waals surface area contributed by atoms with Gasteiger partial charge in [0.05, 0.1) is 0 Å². The highest BCUT2D eigenvalue weighted by Crippen LogP contribution is 2.10. The van der Waals surface area contributed by atoms with Crippen molar-refractivity contribution in [1.82, 2.24) is 26.6 Å². The summed E-state index contributed by atoms with van der Waals surface area (Å²) in [5.41, 5.74) is 21.7. The first kappa shape index (κ1) is 38.3. The molecule has 2 rings (SSSR count). The van der Waals surface area contributed by atoms with Gasteiger partial charge in [0.1, 0.15) is 18.1 Å². The summed E-state index contributed by atoms with van der Waals surface area (Å²) in [5.74, 6) is -1.21. The van der Waals surface area contributed by atoms with Gasteiger partial charge < -0.3 is 49.5 Å². The zero-order chi connectivity index (χ0) is 34.4. The number of piperazine rings is 1. The second kappa shape index (κ2) is 21.8. The minimum atomic E-state index is -0.776. The number of aliphatic imine (C=N–C) groups is 2. The summed E-state index contributed by atoms with van der Waals surface area (Å²) in [4.78, 5) is 70.5. The molecular formula is C31H51N11O5. The summed E-state index contributed by atoms with van der Waals surface area (Å²) in [7, 11) is 0. The Kier molecular flexibility index (Phi) is 17.7. The van der Waals surface area contributed by atoms with Gasteiger partial charge in [0.15, 0.2) is 11.9 Å². The fourth-order valence-corrected chi connectivity index (χ4v) is 4.89. The van der Waals surface area contributed by atoms with Crippen LogP contribution < -0.4 is 49.5 Å². The third-order valence-corrected chi connectivity index (χ3v) is 7.44. The van der Waals surface area contributed by atoms with E-state index < -0.39 is 18.1 Å². The molecular weight excluding hydrogens is 606 g/mol. The molecule has 1 aromatic rings. The summed E-state index contributed by atoms with van der Waals surface area (Å²) in [6.45, 7) is 1.65. The lowest BCUT2D eigenvalue weighted by Crippen LogP contribution is -2.61. The average Bonchev–Trinajstić information content (AvgIpc) is 3.03. The van der Waals surface area contributed by atoms with Crippen LogP contribution in [0.1, 0.15) is 81.0 Å². The van der Waals surface area contributed by atoms with Gasteiger partial charge in [-0.2, -0.15) is 0 Å². The number of amides is 5. The average molecular weight is 658 g/mol. The molecule has 0 spiro atoms. The molecule has 5 amide bonds. The van der Waals surface area contributed by atoms with E-state index in [1.54, 1.807) is 30.3 Å². The molecule has 0 aromatic heterocycles. The van der Waals surface area contributed by atoms with Crippen LogP contribution in [0, 0.1) is 0 Å². The predicted octanol–water partition coefficient (Wildman–Crippen LogP) is -1.16. The molecule has 3 atom stereocenters. The second-order valence-corrected chi connectivity index (χ2v) is 11.4. The maximum absolute atomic E-state index is 12.9. The standard InChI is InChI=1S/C31H51N11O5/c32-30(33)38-19-9-6-16-25(43)36-17-7-4-13-23-28(46)42-24(29(47)41-23)14-5-8-18-37-27(45)22(15-10-20-39-31(34)35)40-26(44)21-11-2-1-3-12-21/h1-3,11-12,22-24H,4-10,13-20H2,(H,36,43)(H,37,45)(H,40,44)(H,41,47)(H,42,46)(H4,32,33,38)(H4,34,35,39)/t22-,23-,24-/m0/s1. The highest BCUT2D eigenvalue weighted by atomic mass is 16.2. The lowest BCUT2D eigenvalue weighted by Gasteiger charge is -2.29. The Labute approximate surface area is 275 Å². The number of carbonyl (C=O) groups is 5. The van der Waals surface area contributed by atoms with Gasteiger partial charge in [-0.1, -0.05) is 18.2 Å². The van der Waals surface area contributed by atoms with Crippen molar-refractivity contribution in [3.8, 4) is 0 Å². The van der Waals surface area contributed by atoms with Gasteiger partial charge in [0.2, 0.25) is 23.6 Å². The van der Waals surface area contributed by atoms with Gasteiger partial charge in [-0.15, -0.1) is 0 Å². The zero-order valence-corrected chi connectivity index (χ0v) is 27.0. The number of nitrogens with one attached hydrogen (secondary N) is 5. The van der Waals surface area contributed by atoms with Crippen LogP contribution in [0.15, 0.2) is 40.3 Å². The van der Waals surface area contributed by atoms with Crippen molar-refractivity contribution in [3.63, 3.8) is 0 Å². The number of nitrogens with zero attached hydrogens (tertiary/aromatic N) is 2. The minimum Gasteiger partial charge on any atom is -0.370 e. The largest absolute Gasteiger partial charge is 0.370 e. The van der Waals surface area contributed by atoms with Crippen molar-refractivity contribution >= 4 is 41.5 Å². The van der Waals surface area contributed by atoms with Crippen molar-refractivity contribution in [2.75, 3.05) is 26.2 Å². The van der Waals surface area contributed by atoms with Crippen LogP contribution in [0.5, 0.6) is 0 Å². The first-order chi connectivity index (χ1) is 22.6. The molecule has 1 aromatic carbocycles. The van der Waals surface area contributed by atoms with Gasteiger partial charge in [-0.25, -0.2) is 0 Å². The van der Waals surface area contributed by atoms with Crippen molar-refractivity contribution in [2.24, 2.45) is 32.9 Å². The molecule has 0 radical (unpaired) electrons. The third kappa shape index (κ3) is 16.3. The summed E-state index contributed by atoms with van der Waals surface area (Å²) >= 11 is 0. The van der Waals surface area contributed by atoms with Crippen molar-refractivity contribution in [3.05, 3.63) is 35.9 Å². The molecule has 13 N–H and O–H groups in total. The number of carbonyl (C=O) groups excluding carboxylic acids is 5. The van der Waals surface area contributed by atoms with Gasteiger partial charge in [0, 0.05) is 38.2 Å². The Hall–Kier alpha value is -4.89. The Bertz CT molecular complexity index is 1220. The monoisotopic (exact) mass is 657 g/mol. The van der Waals surface area contributed by atoms with Gasteiger partial charge >= 0.3 is 0 Å². The molecule has 0 aliphatic carbocycles. The maximum atomic E-state index is 12.9. The van der Waals surface area contributed by atoms with E-state index >= 15 is 0 Å². The number of hydrogen-bond donors (Lipinski definition) is 9. The second-order valence-electron chi connectivity index (χ2n) is 11.4. The molecule has 1 fully saturated rings. The van der Waals surface area contributed by atoms with Gasteiger partial charge in [-0.05, 0) is 76.3 Å². The number of benzene rings is 1. The molecule has 1 aliphatic heterocycles. The number of rotatable bonds is 22. The van der Waals surface area contributed by atoms with Crippen molar-refractivity contribution in [2.45, 2.75) is 88.8 Å². The predicted molar refractivity (Wildman–Crippen MR) is 180 cm³/mol. The van der Waals surface area contributed by atoms with E-state index in [-0.39, 0.29) is 41.5 Å². The molecule has 0 saturated carbocycles. The third-order valence-electron chi connectivity index (χ3n) is 7.44. The SMILES string of the molecule is NC(N)=NCCCCC(=O)NCCCC[C@@H]1NC(=O)[C@H](CCCCNC(=O)[C@H](CCCN=C(N)N)NC(=O)c2ccccc2)NC1=O. The van der Waals surface area contributed by atoms with E-state index in [1.165, 1.54) is 0 Å². The smallest absolute Gasteiger partial charge is 0.251 e. The van der Waals surface area contributed by atoms with Crippen LogP contribution in [0.3, 0.4) is 0 Å². The topological polar surface area (TPSA) is 274 Å². The first-order valence-corrected chi connectivity index (χ1v) is 16.2. The summed E-state index contributed by atoms with van der Waals surface area (Å²) in [6.07, 6.45) is 6.03. The van der Waals surface area contributed by atoms with Crippen LogP contribution in [-0.2, 0) is 19.2 Å². The fraction of sp³-hybridized carbons (Fsp3) is 0.581. The number of nitrogens with two attached hydrogens (primary N) is 4. The fourth-order valence-electron chi connectivity index (χ4n) is 4.89. The Morgan fingerprint density at radius 2 is 1.28 bits per heavy atom. The summed E-state index contributed by atoms with van der Waals surface area (Å²) < 4.78 is 0. The van der Waals surface area contributed by atoms with Crippen LogP contribution in [0.2, 0.25) is 0 Å². The van der Waals surface area contributed by atoms with E-state index in [4.69, 9.17) is 22.9 Å². The number of guanidine groups is 2. The van der Waals surface area contributed by atoms with Gasteiger partial charge in [0.25, 0.3) is 5.91 Å². The minimum absolute atomic E-state index is 0.0401. The lowest BCUT2D eigenvalue weighted by atomic mass is 10.0. The zero-order valence-electron chi connectivity index (χ0n) is 27.0. The maximum Gasteiger partial charge on any atom is 0.251 e. The highest BCUT2D eigenvalue weighted by Gasteiger charge is 2.32. The first-order valence-electron chi connectivity index (χ1n) is 16.2. The van der Waals surface area contributed by atoms with Crippen molar-refractivity contribution in [1.29, 1.82) is 0 Å². The van der Waals surface area contributed by atoms with E-state index in [9.17, 15) is 24.0 Å². The lowest BCUT2D eigenvalue weighted by molar-refractivity contribution is -0.137. The number of hydrogen-bond acceptors (Lipinski definition) is 7. The van der Waals surface area contributed by atoms with Crippen LogP contribution in [0.4, 0.5) is 0 Å². The molecule has 1 saturated heterocycles. The quantitative estimate of drug-likeness (QED) is 0.0412. The highest BCUT2D eigenvalue weighted by molar-refractivity contribution is 5.98. The van der Waals surface area contributed by atoms with E-state index in [1.807, 2.05) is 0 Å². The van der Waals surface area contributed by atoms with Crippen LogP contribution in [-0.4, -0.2) is 85.8 Å². The Morgan fingerprint density at radius 3 is 1.85 bits per heavy atom. The Morgan fingerprint density at radius 1 is 0.723 bits per heavy atom. The molecule has 0 unspecified atom stereocenters. The molecule has 16 heteroatoms. The van der Waals surface area contributed by atoms with Crippen LogP contribution in [0.25, 0.3) is 0 Å². The summed E-state index contributed by atoms with van der Waals surface area (Å²) in [6, 6.07) is 6.58.